The maximum absolute atomic E-state index is 12.4. The molecule has 31 heavy (non-hydrogen) atoms. The normalized spacial score (nSPS) is 10.8. The van der Waals surface area contributed by atoms with E-state index in [1.165, 1.54) is 31.5 Å². The average molecular weight is 426 g/mol. The molecule has 8 heteroatoms. The zero-order valence-electron chi connectivity index (χ0n) is 16.6. The quantitative estimate of drug-likeness (QED) is 0.388. The second-order valence-electron chi connectivity index (χ2n) is 6.29. The first kappa shape index (κ1) is 21.8. The number of anilines is 1. The zero-order valence-corrected chi connectivity index (χ0v) is 16.6. The Balaban J connectivity index is 1.49. The van der Waals surface area contributed by atoms with E-state index < -0.39 is 6.61 Å². The summed E-state index contributed by atoms with van der Waals surface area (Å²) in [5.41, 5.74) is 3.29. The highest BCUT2D eigenvalue weighted by atomic mass is 19.3. The molecule has 0 heterocycles. The highest BCUT2D eigenvalue weighted by molar-refractivity contribution is 5.92. The first-order valence-electron chi connectivity index (χ1n) is 9.28. The standard InChI is InChI=1S/C23H20F2N2O4/c1-29-21-13-16(7-12-20(21)31-23(24)25)14-26-30-15-22(28)27-19-10-8-18(9-11-19)17-5-3-2-4-6-17/h2-14,23H,15H2,1H3,(H,27,28)/b26-14+. The lowest BCUT2D eigenvalue weighted by atomic mass is 10.1. The summed E-state index contributed by atoms with van der Waals surface area (Å²) >= 11 is 0. The van der Waals surface area contributed by atoms with Crippen LogP contribution >= 0.6 is 0 Å². The number of amides is 1. The molecule has 3 aromatic carbocycles. The predicted molar refractivity (Wildman–Crippen MR) is 114 cm³/mol. The third kappa shape index (κ3) is 6.53. The number of nitrogens with zero attached hydrogens (tertiary/aromatic N) is 1. The number of hydrogen-bond donors (Lipinski definition) is 1. The van der Waals surface area contributed by atoms with Gasteiger partial charge in [-0.3, -0.25) is 4.79 Å². The molecule has 0 aliphatic heterocycles. The Morgan fingerprint density at radius 2 is 1.71 bits per heavy atom. The molecule has 1 amide bonds. The molecule has 0 fully saturated rings. The first-order valence-corrected chi connectivity index (χ1v) is 9.28. The lowest BCUT2D eigenvalue weighted by Gasteiger charge is -2.09. The van der Waals surface area contributed by atoms with Crippen LogP contribution in [0.3, 0.4) is 0 Å². The van der Waals surface area contributed by atoms with Crippen LogP contribution in [-0.2, 0) is 9.63 Å². The molecule has 0 unspecified atom stereocenters. The van der Waals surface area contributed by atoms with Gasteiger partial charge in [-0.15, -0.1) is 0 Å². The van der Waals surface area contributed by atoms with E-state index >= 15 is 0 Å². The van der Waals surface area contributed by atoms with Crippen LogP contribution in [-0.4, -0.2) is 32.4 Å². The largest absolute Gasteiger partial charge is 0.493 e. The number of benzene rings is 3. The number of rotatable bonds is 9. The lowest BCUT2D eigenvalue weighted by molar-refractivity contribution is -0.120. The van der Waals surface area contributed by atoms with Crippen molar-refractivity contribution in [1.82, 2.24) is 0 Å². The van der Waals surface area contributed by atoms with E-state index in [0.29, 0.717) is 11.3 Å². The maximum atomic E-state index is 12.4. The molecule has 0 bridgehead atoms. The number of halogens is 2. The third-order valence-corrected chi connectivity index (χ3v) is 4.15. The summed E-state index contributed by atoms with van der Waals surface area (Å²) in [7, 11) is 1.34. The van der Waals surface area contributed by atoms with Gasteiger partial charge in [0.05, 0.1) is 13.3 Å². The molecule has 3 rings (SSSR count). The van der Waals surface area contributed by atoms with Crippen molar-refractivity contribution in [2.45, 2.75) is 6.61 Å². The predicted octanol–water partition coefficient (Wildman–Crippen LogP) is 4.95. The Labute approximate surface area is 178 Å². The number of methoxy groups -OCH3 is 1. The molecule has 0 aliphatic carbocycles. The van der Waals surface area contributed by atoms with E-state index in [4.69, 9.17) is 9.57 Å². The third-order valence-electron chi connectivity index (χ3n) is 4.15. The van der Waals surface area contributed by atoms with Crippen LogP contribution in [0, 0.1) is 0 Å². The van der Waals surface area contributed by atoms with Gasteiger partial charge in [0.25, 0.3) is 5.91 Å². The second-order valence-corrected chi connectivity index (χ2v) is 6.29. The summed E-state index contributed by atoms with van der Waals surface area (Å²) < 4.78 is 34.1. The fourth-order valence-corrected chi connectivity index (χ4v) is 2.73. The molecule has 160 valence electrons. The number of hydrogen-bond acceptors (Lipinski definition) is 5. The van der Waals surface area contributed by atoms with Crippen molar-refractivity contribution < 1.29 is 27.9 Å². The van der Waals surface area contributed by atoms with Gasteiger partial charge in [-0.2, -0.15) is 8.78 Å². The maximum Gasteiger partial charge on any atom is 0.387 e. The molecular weight excluding hydrogens is 406 g/mol. The smallest absolute Gasteiger partial charge is 0.387 e. The molecule has 0 atom stereocenters. The summed E-state index contributed by atoms with van der Waals surface area (Å²) in [6.45, 7) is -3.24. The van der Waals surface area contributed by atoms with Crippen molar-refractivity contribution in [3.63, 3.8) is 0 Å². The van der Waals surface area contributed by atoms with E-state index in [1.54, 1.807) is 12.1 Å². The monoisotopic (exact) mass is 426 g/mol. The van der Waals surface area contributed by atoms with Crippen molar-refractivity contribution in [2.24, 2.45) is 5.16 Å². The second kappa shape index (κ2) is 10.7. The minimum absolute atomic E-state index is 0.0896. The highest BCUT2D eigenvalue weighted by Crippen LogP contribution is 2.29. The average Bonchev–Trinajstić information content (AvgIpc) is 2.78. The molecule has 0 aromatic heterocycles. The van der Waals surface area contributed by atoms with Crippen LogP contribution in [0.2, 0.25) is 0 Å². The fraction of sp³-hybridized carbons (Fsp3) is 0.130. The molecule has 0 spiro atoms. The highest BCUT2D eigenvalue weighted by Gasteiger charge is 2.10. The summed E-state index contributed by atoms with van der Waals surface area (Å²) in [4.78, 5) is 17.0. The minimum Gasteiger partial charge on any atom is -0.493 e. The van der Waals surface area contributed by atoms with Gasteiger partial charge in [0, 0.05) is 11.3 Å². The zero-order chi connectivity index (χ0) is 22.1. The van der Waals surface area contributed by atoms with Crippen molar-refractivity contribution in [2.75, 3.05) is 19.0 Å². The van der Waals surface area contributed by atoms with Gasteiger partial charge in [-0.05, 0) is 41.5 Å². The molecule has 0 radical (unpaired) electrons. The topological polar surface area (TPSA) is 69.2 Å². The van der Waals surface area contributed by atoms with Crippen molar-refractivity contribution >= 4 is 17.8 Å². The molecule has 6 nitrogen and oxygen atoms in total. The number of nitrogens with one attached hydrogen (secondary N) is 1. The number of carbonyl (C=O) groups is 1. The Bertz CT molecular complexity index is 1030. The molecule has 3 aromatic rings. The van der Waals surface area contributed by atoms with E-state index in [1.807, 2.05) is 42.5 Å². The lowest BCUT2D eigenvalue weighted by Crippen LogP contribution is -2.16. The van der Waals surface area contributed by atoms with Crippen LogP contribution in [0.15, 0.2) is 78.0 Å². The summed E-state index contributed by atoms with van der Waals surface area (Å²) in [5.74, 6) is -0.336. The number of ether oxygens (including phenoxy) is 2. The van der Waals surface area contributed by atoms with Crippen molar-refractivity contribution in [1.29, 1.82) is 0 Å². The molecular formula is C23H20F2N2O4. The van der Waals surface area contributed by atoms with Gasteiger partial charge in [0.1, 0.15) is 0 Å². The molecule has 0 saturated carbocycles. The van der Waals surface area contributed by atoms with Gasteiger partial charge < -0.3 is 19.6 Å². The Morgan fingerprint density at radius 1 is 1.00 bits per heavy atom. The summed E-state index contributed by atoms with van der Waals surface area (Å²) in [6, 6.07) is 21.6. The van der Waals surface area contributed by atoms with Gasteiger partial charge in [-0.1, -0.05) is 47.6 Å². The van der Waals surface area contributed by atoms with Crippen LogP contribution < -0.4 is 14.8 Å². The van der Waals surface area contributed by atoms with Crippen molar-refractivity contribution in [3.8, 4) is 22.6 Å². The van der Waals surface area contributed by atoms with Crippen LogP contribution in [0.1, 0.15) is 5.56 Å². The van der Waals surface area contributed by atoms with Crippen molar-refractivity contribution in [3.05, 3.63) is 78.4 Å². The van der Waals surface area contributed by atoms with E-state index in [9.17, 15) is 13.6 Å². The number of carbonyl (C=O) groups excluding carboxylic acids is 1. The Kier molecular flexibility index (Phi) is 7.53. The van der Waals surface area contributed by atoms with Crippen LogP contribution in [0.5, 0.6) is 11.5 Å². The van der Waals surface area contributed by atoms with Gasteiger partial charge in [-0.25, -0.2) is 0 Å². The first-order chi connectivity index (χ1) is 15.0. The Hall–Kier alpha value is -3.94. The van der Waals surface area contributed by atoms with E-state index in [2.05, 4.69) is 15.2 Å². The number of alkyl halides is 2. The van der Waals surface area contributed by atoms with Gasteiger partial charge in [0.15, 0.2) is 18.1 Å². The Morgan fingerprint density at radius 3 is 2.39 bits per heavy atom. The van der Waals surface area contributed by atoms with Gasteiger partial charge in [0.2, 0.25) is 0 Å². The number of oxime groups is 1. The SMILES string of the molecule is COc1cc(/C=N/OCC(=O)Nc2ccc(-c3ccccc3)cc2)ccc1OC(F)F. The van der Waals surface area contributed by atoms with E-state index in [-0.39, 0.29) is 24.0 Å². The molecule has 1 N–H and O–H groups in total. The molecule has 0 saturated heterocycles. The fourth-order valence-electron chi connectivity index (χ4n) is 2.73. The molecule has 0 aliphatic rings. The summed E-state index contributed by atoms with van der Waals surface area (Å²) in [5, 5.41) is 6.43. The minimum atomic E-state index is -2.95. The van der Waals surface area contributed by atoms with E-state index in [0.717, 1.165) is 11.1 Å². The van der Waals surface area contributed by atoms with Crippen LogP contribution in [0.4, 0.5) is 14.5 Å². The van der Waals surface area contributed by atoms with Crippen LogP contribution in [0.25, 0.3) is 11.1 Å². The summed E-state index contributed by atoms with van der Waals surface area (Å²) in [6.07, 6.45) is 1.33. The van der Waals surface area contributed by atoms with Gasteiger partial charge >= 0.3 is 6.61 Å².